The summed E-state index contributed by atoms with van der Waals surface area (Å²) < 4.78 is 13.4. The number of nitrogens with zero attached hydrogens (tertiary/aromatic N) is 1. The first-order chi connectivity index (χ1) is 9.40. The van der Waals surface area contributed by atoms with E-state index >= 15 is 0 Å². The molecule has 2 nitrogen and oxygen atoms in total. The minimum absolute atomic E-state index is 0.199. The quantitative estimate of drug-likeness (QED) is 0.909. The highest BCUT2D eigenvalue weighted by molar-refractivity contribution is 6.31. The monoisotopic (exact) mass is 298 g/mol. The Labute approximate surface area is 126 Å². The molecule has 0 spiro atoms. The van der Waals surface area contributed by atoms with Crippen molar-refractivity contribution in [2.75, 3.05) is 18.0 Å². The molecule has 0 aromatic heterocycles. The molecular formula is C16H24ClFN2. The lowest BCUT2D eigenvalue weighted by Gasteiger charge is -2.45. The molecule has 2 unspecified atom stereocenters. The molecule has 112 valence electrons. The van der Waals surface area contributed by atoms with Crippen molar-refractivity contribution >= 4 is 17.3 Å². The number of benzene rings is 1. The van der Waals surface area contributed by atoms with E-state index in [0.717, 1.165) is 18.8 Å². The summed E-state index contributed by atoms with van der Waals surface area (Å²) >= 11 is 5.94. The first-order valence-corrected chi connectivity index (χ1v) is 7.73. The van der Waals surface area contributed by atoms with Gasteiger partial charge in [-0.15, -0.1) is 0 Å². The van der Waals surface area contributed by atoms with Crippen LogP contribution >= 0.6 is 11.6 Å². The van der Waals surface area contributed by atoms with E-state index in [1.165, 1.54) is 6.07 Å². The summed E-state index contributed by atoms with van der Waals surface area (Å²) in [5, 5.41) is 3.83. The first kappa shape index (κ1) is 15.6. The molecule has 20 heavy (non-hydrogen) atoms. The van der Waals surface area contributed by atoms with Crippen LogP contribution in [0, 0.1) is 17.7 Å². The molecule has 0 aliphatic carbocycles. The molecule has 2 rings (SSSR count). The van der Waals surface area contributed by atoms with E-state index in [2.05, 4.69) is 37.9 Å². The van der Waals surface area contributed by atoms with Crippen LogP contribution in [0.25, 0.3) is 0 Å². The van der Waals surface area contributed by atoms with Crippen molar-refractivity contribution < 1.29 is 4.39 Å². The van der Waals surface area contributed by atoms with Crippen molar-refractivity contribution in [1.29, 1.82) is 0 Å². The third-order valence-corrected chi connectivity index (χ3v) is 4.48. The third kappa shape index (κ3) is 3.26. The van der Waals surface area contributed by atoms with E-state index in [1.54, 1.807) is 6.07 Å². The van der Waals surface area contributed by atoms with Crippen molar-refractivity contribution in [2.45, 2.75) is 39.8 Å². The van der Waals surface area contributed by atoms with Gasteiger partial charge in [0.05, 0.1) is 5.02 Å². The molecule has 4 heteroatoms. The Bertz CT molecular complexity index is 462. The van der Waals surface area contributed by atoms with Gasteiger partial charge in [0, 0.05) is 30.9 Å². The maximum atomic E-state index is 13.4. The van der Waals surface area contributed by atoms with Gasteiger partial charge in [0.25, 0.3) is 0 Å². The van der Waals surface area contributed by atoms with Gasteiger partial charge in [-0.25, -0.2) is 4.39 Å². The highest BCUT2D eigenvalue weighted by Crippen LogP contribution is 2.28. The molecule has 1 N–H and O–H groups in total. The van der Waals surface area contributed by atoms with E-state index in [4.69, 9.17) is 11.6 Å². The van der Waals surface area contributed by atoms with E-state index in [0.29, 0.717) is 23.9 Å². The van der Waals surface area contributed by atoms with Crippen molar-refractivity contribution in [1.82, 2.24) is 5.32 Å². The summed E-state index contributed by atoms with van der Waals surface area (Å²) in [4.78, 5) is 2.37. The van der Waals surface area contributed by atoms with E-state index in [1.807, 2.05) is 6.07 Å². The van der Waals surface area contributed by atoms with Crippen LogP contribution in [-0.2, 0) is 0 Å². The van der Waals surface area contributed by atoms with Gasteiger partial charge in [-0.2, -0.15) is 0 Å². The maximum absolute atomic E-state index is 13.4. The van der Waals surface area contributed by atoms with Gasteiger partial charge in [-0.3, -0.25) is 0 Å². The molecule has 1 aromatic rings. The smallest absolute Gasteiger partial charge is 0.141 e. The minimum Gasteiger partial charge on any atom is -0.365 e. The predicted octanol–water partition coefficient (Wildman–Crippen LogP) is 3.94. The third-order valence-electron chi connectivity index (χ3n) is 4.19. The summed E-state index contributed by atoms with van der Waals surface area (Å²) in [7, 11) is 0. The molecular weight excluding hydrogens is 275 g/mol. The van der Waals surface area contributed by atoms with Gasteiger partial charge < -0.3 is 10.2 Å². The first-order valence-electron chi connectivity index (χ1n) is 7.35. The summed E-state index contributed by atoms with van der Waals surface area (Å²) in [6.45, 7) is 10.8. The molecule has 2 atom stereocenters. The lowest BCUT2D eigenvalue weighted by Crippen LogP contribution is -2.60. The Balaban J connectivity index is 2.28. The second kappa shape index (κ2) is 6.31. The Morgan fingerprint density at radius 1 is 1.25 bits per heavy atom. The van der Waals surface area contributed by atoms with Crippen LogP contribution in [-0.4, -0.2) is 25.2 Å². The lowest BCUT2D eigenvalue weighted by atomic mass is 9.93. The number of nitrogens with one attached hydrogen (secondary N) is 1. The maximum Gasteiger partial charge on any atom is 0.141 e. The number of halogens is 2. The largest absolute Gasteiger partial charge is 0.365 e. The van der Waals surface area contributed by atoms with Gasteiger partial charge >= 0.3 is 0 Å². The zero-order valence-corrected chi connectivity index (χ0v) is 13.4. The molecule has 1 aliphatic heterocycles. The van der Waals surface area contributed by atoms with E-state index in [9.17, 15) is 4.39 Å². The van der Waals surface area contributed by atoms with E-state index < -0.39 is 0 Å². The Kier molecular flexibility index (Phi) is 4.92. The summed E-state index contributed by atoms with van der Waals surface area (Å²) in [5.74, 6) is 0.744. The lowest BCUT2D eigenvalue weighted by molar-refractivity contribution is 0.295. The number of rotatable bonds is 3. The van der Waals surface area contributed by atoms with Crippen LogP contribution < -0.4 is 10.2 Å². The summed E-state index contributed by atoms with van der Waals surface area (Å²) in [5.41, 5.74) is 1.02. The fourth-order valence-corrected chi connectivity index (χ4v) is 2.97. The molecule has 1 heterocycles. The number of hydrogen-bond acceptors (Lipinski definition) is 2. The van der Waals surface area contributed by atoms with Crippen LogP contribution in [0.1, 0.15) is 27.7 Å². The molecule has 0 amide bonds. The van der Waals surface area contributed by atoms with Gasteiger partial charge in [-0.05, 0) is 30.0 Å². The second-order valence-electron chi connectivity index (χ2n) is 6.32. The van der Waals surface area contributed by atoms with Crippen LogP contribution in [0.2, 0.25) is 5.02 Å². The fourth-order valence-electron chi connectivity index (χ4n) is 2.80. The highest BCUT2D eigenvalue weighted by atomic mass is 35.5. The average Bonchev–Trinajstić information content (AvgIpc) is 2.41. The highest BCUT2D eigenvalue weighted by Gasteiger charge is 2.31. The molecule has 1 fully saturated rings. The molecule has 0 saturated carbocycles. The Hall–Kier alpha value is -0.800. The van der Waals surface area contributed by atoms with Gasteiger partial charge in [0.15, 0.2) is 0 Å². The van der Waals surface area contributed by atoms with Crippen molar-refractivity contribution in [3.8, 4) is 0 Å². The Morgan fingerprint density at radius 2 is 1.95 bits per heavy atom. The number of hydrogen-bond donors (Lipinski definition) is 1. The predicted molar refractivity (Wildman–Crippen MR) is 84.0 cm³/mol. The zero-order valence-electron chi connectivity index (χ0n) is 12.7. The van der Waals surface area contributed by atoms with E-state index in [-0.39, 0.29) is 10.8 Å². The van der Waals surface area contributed by atoms with Gasteiger partial charge in [0.2, 0.25) is 0 Å². The molecule has 1 saturated heterocycles. The standard InChI is InChI=1S/C16H24ClFN2/c1-10(2)15-9-20(16(8-19-15)11(3)4)12-5-6-14(18)13(17)7-12/h5-7,10-11,15-16,19H,8-9H2,1-4H3. The van der Waals surface area contributed by atoms with Crippen LogP contribution in [0.15, 0.2) is 18.2 Å². The summed E-state index contributed by atoms with van der Waals surface area (Å²) in [6.07, 6.45) is 0. The van der Waals surface area contributed by atoms with Gasteiger partial charge in [-0.1, -0.05) is 39.3 Å². The van der Waals surface area contributed by atoms with Crippen LogP contribution in [0.4, 0.5) is 10.1 Å². The zero-order chi connectivity index (χ0) is 14.9. The Morgan fingerprint density at radius 3 is 2.50 bits per heavy atom. The molecule has 0 radical (unpaired) electrons. The average molecular weight is 299 g/mol. The molecule has 0 bridgehead atoms. The van der Waals surface area contributed by atoms with Crippen molar-refractivity contribution in [2.24, 2.45) is 11.8 Å². The second-order valence-corrected chi connectivity index (χ2v) is 6.73. The SMILES string of the molecule is CC(C)C1CN(c2ccc(F)c(Cl)c2)C(C(C)C)CN1. The number of anilines is 1. The van der Waals surface area contributed by atoms with Crippen molar-refractivity contribution in [3.63, 3.8) is 0 Å². The van der Waals surface area contributed by atoms with Crippen LogP contribution in [0.3, 0.4) is 0 Å². The normalized spacial score (nSPS) is 23.7. The minimum atomic E-state index is -0.355. The van der Waals surface area contributed by atoms with Crippen molar-refractivity contribution in [3.05, 3.63) is 29.0 Å². The molecule has 1 aromatic carbocycles. The number of piperazine rings is 1. The molecule has 1 aliphatic rings. The summed E-state index contributed by atoms with van der Waals surface area (Å²) in [6, 6.07) is 5.90. The van der Waals surface area contributed by atoms with Gasteiger partial charge in [0.1, 0.15) is 5.82 Å². The fraction of sp³-hybridized carbons (Fsp3) is 0.625. The topological polar surface area (TPSA) is 15.3 Å². The van der Waals surface area contributed by atoms with Crippen LogP contribution in [0.5, 0.6) is 0 Å².